The quantitative estimate of drug-likeness (QED) is 0.825. The average Bonchev–Trinajstić information content (AvgIpc) is 2.88. The molecule has 1 aromatic carbocycles. The molecule has 1 heterocycles. The number of likely N-dealkylation sites (tertiary alicyclic amines) is 1. The van der Waals surface area contributed by atoms with Gasteiger partial charge in [-0.2, -0.15) is 0 Å². The molecule has 1 aliphatic heterocycles. The Balaban J connectivity index is 1.83. The first-order valence-corrected chi connectivity index (χ1v) is 8.16. The lowest BCUT2D eigenvalue weighted by atomic mass is 10.0. The number of halogens is 1. The number of benzene rings is 1. The van der Waals surface area contributed by atoms with Gasteiger partial charge in [0.1, 0.15) is 0 Å². The minimum Gasteiger partial charge on any atom is -0.384 e. The minimum absolute atomic E-state index is 0.425. The molecule has 0 bridgehead atoms. The molecule has 4 heteroatoms. The van der Waals surface area contributed by atoms with Gasteiger partial charge in [-0.25, -0.2) is 0 Å². The van der Waals surface area contributed by atoms with Crippen molar-refractivity contribution in [2.75, 3.05) is 40.4 Å². The Morgan fingerprint density at radius 3 is 3.05 bits per heavy atom. The van der Waals surface area contributed by atoms with Crippen LogP contribution in [0.3, 0.4) is 0 Å². The summed E-state index contributed by atoms with van der Waals surface area (Å²) in [6, 6.07) is 9.01. The van der Waals surface area contributed by atoms with Crippen LogP contribution in [0.25, 0.3) is 0 Å². The fourth-order valence-electron chi connectivity index (χ4n) is 3.00. The fraction of sp³-hybridized carbons (Fsp3) is 0.625. The maximum absolute atomic E-state index is 5.26. The standard InChI is InChI=1S/C16H25BrN2O/c1-18-16(14-4-3-5-15(17)10-14)7-9-19-8-6-13(11-19)12-20-2/h3-5,10,13,16,18H,6-9,11-12H2,1-2H3. The molecular formula is C16H25BrN2O. The van der Waals surface area contributed by atoms with Crippen LogP contribution in [0.15, 0.2) is 28.7 Å². The molecule has 0 radical (unpaired) electrons. The van der Waals surface area contributed by atoms with Gasteiger partial charge in [-0.15, -0.1) is 0 Å². The summed E-state index contributed by atoms with van der Waals surface area (Å²) in [7, 11) is 3.84. The summed E-state index contributed by atoms with van der Waals surface area (Å²) >= 11 is 3.55. The van der Waals surface area contributed by atoms with E-state index in [2.05, 4.69) is 50.4 Å². The van der Waals surface area contributed by atoms with Crippen molar-refractivity contribution in [2.24, 2.45) is 5.92 Å². The van der Waals surface area contributed by atoms with E-state index < -0.39 is 0 Å². The van der Waals surface area contributed by atoms with Gasteiger partial charge in [0.05, 0.1) is 6.61 Å². The average molecular weight is 341 g/mol. The molecule has 1 saturated heterocycles. The van der Waals surface area contributed by atoms with E-state index in [1.807, 2.05) is 7.05 Å². The first-order valence-electron chi connectivity index (χ1n) is 7.37. The van der Waals surface area contributed by atoms with E-state index in [1.165, 1.54) is 25.1 Å². The summed E-state index contributed by atoms with van der Waals surface area (Å²) in [5, 5.41) is 3.43. The van der Waals surface area contributed by atoms with Crippen LogP contribution in [0.1, 0.15) is 24.4 Å². The first kappa shape index (κ1) is 16.0. The summed E-state index contributed by atoms with van der Waals surface area (Å²) in [5.41, 5.74) is 1.36. The molecule has 112 valence electrons. The molecular weight excluding hydrogens is 316 g/mol. The van der Waals surface area contributed by atoms with Gasteiger partial charge >= 0.3 is 0 Å². The van der Waals surface area contributed by atoms with E-state index in [0.29, 0.717) is 6.04 Å². The summed E-state index contributed by atoms with van der Waals surface area (Å²) in [4.78, 5) is 2.56. The molecule has 1 aromatic rings. The highest BCUT2D eigenvalue weighted by Gasteiger charge is 2.22. The molecule has 20 heavy (non-hydrogen) atoms. The van der Waals surface area contributed by atoms with Crippen molar-refractivity contribution in [3.05, 3.63) is 34.3 Å². The molecule has 1 aliphatic rings. The molecule has 2 rings (SSSR count). The SMILES string of the molecule is CNC(CCN1CCC(COC)C1)c1cccc(Br)c1. The minimum atomic E-state index is 0.425. The monoisotopic (exact) mass is 340 g/mol. The molecule has 2 atom stereocenters. The number of nitrogens with zero attached hydrogens (tertiary/aromatic N) is 1. The topological polar surface area (TPSA) is 24.5 Å². The van der Waals surface area contributed by atoms with E-state index in [9.17, 15) is 0 Å². The van der Waals surface area contributed by atoms with Crippen molar-refractivity contribution in [1.29, 1.82) is 0 Å². The Morgan fingerprint density at radius 2 is 2.35 bits per heavy atom. The van der Waals surface area contributed by atoms with E-state index >= 15 is 0 Å². The van der Waals surface area contributed by atoms with Crippen LogP contribution in [0.2, 0.25) is 0 Å². The van der Waals surface area contributed by atoms with Crippen LogP contribution in [0.5, 0.6) is 0 Å². The van der Waals surface area contributed by atoms with Gasteiger partial charge in [0.15, 0.2) is 0 Å². The van der Waals surface area contributed by atoms with Gasteiger partial charge in [0, 0.05) is 24.2 Å². The Labute approximate surface area is 130 Å². The molecule has 0 aliphatic carbocycles. The second-order valence-electron chi connectivity index (χ2n) is 5.60. The Kier molecular flexibility index (Phi) is 6.49. The Bertz CT molecular complexity index is 413. The number of hydrogen-bond acceptors (Lipinski definition) is 3. The number of methoxy groups -OCH3 is 1. The van der Waals surface area contributed by atoms with Crippen molar-refractivity contribution in [1.82, 2.24) is 10.2 Å². The van der Waals surface area contributed by atoms with Gasteiger partial charge in [0.2, 0.25) is 0 Å². The molecule has 2 unspecified atom stereocenters. The molecule has 1 N–H and O–H groups in total. The third-order valence-corrected chi connectivity index (χ3v) is 4.60. The van der Waals surface area contributed by atoms with Crippen molar-refractivity contribution in [2.45, 2.75) is 18.9 Å². The van der Waals surface area contributed by atoms with Gasteiger partial charge in [0.25, 0.3) is 0 Å². The van der Waals surface area contributed by atoms with Gasteiger partial charge in [-0.05, 0) is 56.6 Å². The molecule has 0 amide bonds. The highest BCUT2D eigenvalue weighted by atomic mass is 79.9. The van der Waals surface area contributed by atoms with Crippen LogP contribution >= 0.6 is 15.9 Å². The molecule has 1 fully saturated rings. The van der Waals surface area contributed by atoms with Crippen LogP contribution in [0, 0.1) is 5.92 Å². The van der Waals surface area contributed by atoms with E-state index in [4.69, 9.17) is 4.74 Å². The normalized spacial score (nSPS) is 21.2. The van der Waals surface area contributed by atoms with Gasteiger partial charge < -0.3 is 15.0 Å². The van der Waals surface area contributed by atoms with Crippen molar-refractivity contribution in [3.8, 4) is 0 Å². The van der Waals surface area contributed by atoms with Crippen LogP contribution in [-0.4, -0.2) is 45.3 Å². The summed E-state index contributed by atoms with van der Waals surface area (Å²) in [5.74, 6) is 0.721. The molecule has 3 nitrogen and oxygen atoms in total. The predicted octanol–water partition coefficient (Wildman–Crippen LogP) is 3.07. The third kappa shape index (κ3) is 4.55. The van der Waals surface area contributed by atoms with Crippen LogP contribution in [0.4, 0.5) is 0 Å². The van der Waals surface area contributed by atoms with E-state index in [1.54, 1.807) is 7.11 Å². The zero-order valence-corrected chi connectivity index (χ0v) is 14.0. The third-order valence-electron chi connectivity index (χ3n) is 4.11. The lowest BCUT2D eigenvalue weighted by Gasteiger charge is -2.21. The van der Waals surface area contributed by atoms with Gasteiger partial charge in [-0.3, -0.25) is 0 Å². The van der Waals surface area contributed by atoms with Crippen LogP contribution in [-0.2, 0) is 4.74 Å². The first-order chi connectivity index (χ1) is 9.72. The number of nitrogens with one attached hydrogen (secondary N) is 1. The fourth-order valence-corrected chi connectivity index (χ4v) is 3.42. The van der Waals surface area contributed by atoms with Crippen molar-refractivity contribution in [3.63, 3.8) is 0 Å². The molecule has 0 aromatic heterocycles. The molecule has 0 spiro atoms. The number of hydrogen-bond donors (Lipinski definition) is 1. The van der Waals surface area contributed by atoms with E-state index in [0.717, 1.165) is 30.0 Å². The summed E-state index contributed by atoms with van der Waals surface area (Å²) in [6.07, 6.45) is 2.42. The van der Waals surface area contributed by atoms with Gasteiger partial charge in [-0.1, -0.05) is 28.1 Å². The number of rotatable bonds is 7. The zero-order chi connectivity index (χ0) is 14.4. The smallest absolute Gasteiger partial charge is 0.0503 e. The largest absolute Gasteiger partial charge is 0.384 e. The Morgan fingerprint density at radius 1 is 1.50 bits per heavy atom. The van der Waals surface area contributed by atoms with Crippen molar-refractivity contribution < 1.29 is 4.74 Å². The molecule has 0 saturated carbocycles. The number of ether oxygens (including phenoxy) is 1. The maximum atomic E-state index is 5.26. The van der Waals surface area contributed by atoms with Crippen molar-refractivity contribution >= 4 is 15.9 Å². The van der Waals surface area contributed by atoms with E-state index in [-0.39, 0.29) is 0 Å². The predicted molar refractivity (Wildman–Crippen MR) is 87.0 cm³/mol. The lowest BCUT2D eigenvalue weighted by Crippen LogP contribution is -2.27. The highest BCUT2D eigenvalue weighted by molar-refractivity contribution is 9.10. The van der Waals surface area contributed by atoms with Crippen LogP contribution < -0.4 is 5.32 Å². The zero-order valence-electron chi connectivity index (χ0n) is 12.4. The second kappa shape index (κ2) is 8.13. The summed E-state index contributed by atoms with van der Waals surface area (Å²) < 4.78 is 6.41. The Hall–Kier alpha value is -0.420. The second-order valence-corrected chi connectivity index (χ2v) is 6.51. The lowest BCUT2D eigenvalue weighted by molar-refractivity contribution is 0.153. The summed E-state index contributed by atoms with van der Waals surface area (Å²) in [6.45, 7) is 4.45. The maximum Gasteiger partial charge on any atom is 0.0503 e. The highest BCUT2D eigenvalue weighted by Crippen LogP contribution is 2.23.